The Morgan fingerprint density at radius 1 is 1.25 bits per heavy atom. The number of methoxy groups -OCH3 is 1. The summed E-state index contributed by atoms with van der Waals surface area (Å²) >= 11 is 3.40. The normalized spacial score (nSPS) is 10.2. The molecule has 0 saturated carbocycles. The van der Waals surface area contributed by atoms with Crippen LogP contribution in [0.3, 0.4) is 0 Å². The van der Waals surface area contributed by atoms with Gasteiger partial charge in [-0.25, -0.2) is 0 Å². The van der Waals surface area contributed by atoms with Gasteiger partial charge < -0.3 is 9.47 Å². The molecule has 2 rings (SSSR count). The van der Waals surface area contributed by atoms with Crippen molar-refractivity contribution >= 4 is 22.2 Å². The van der Waals surface area contributed by atoms with E-state index in [1.54, 1.807) is 19.2 Å². The van der Waals surface area contributed by atoms with Crippen molar-refractivity contribution in [1.29, 1.82) is 0 Å². The second-order valence-electron chi connectivity index (χ2n) is 4.43. The number of halogens is 1. The molecule has 0 spiro atoms. The molecule has 0 amide bonds. The minimum atomic E-state index is 0.442. The Bertz CT molecular complexity index is 623. The minimum absolute atomic E-state index is 0.442. The van der Waals surface area contributed by atoms with Crippen molar-refractivity contribution in [3.05, 3.63) is 57.6 Å². The fourth-order valence-corrected chi connectivity index (χ4v) is 2.48. The van der Waals surface area contributed by atoms with Crippen LogP contribution in [0.15, 0.2) is 40.9 Å². The van der Waals surface area contributed by atoms with Crippen molar-refractivity contribution in [3.8, 4) is 11.5 Å². The van der Waals surface area contributed by atoms with E-state index in [0.717, 1.165) is 11.8 Å². The van der Waals surface area contributed by atoms with Gasteiger partial charge in [0, 0.05) is 5.56 Å². The molecule has 0 unspecified atom stereocenters. The van der Waals surface area contributed by atoms with Crippen molar-refractivity contribution in [3.63, 3.8) is 0 Å². The van der Waals surface area contributed by atoms with E-state index in [1.807, 2.05) is 25.1 Å². The first-order valence-electron chi connectivity index (χ1n) is 6.15. The summed E-state index contributed by atoms with van der Waals surface area (Å²) in [5.41, 5.74) is 2.81. The smallest absolute Gasteiger partial charge is 0.175 e. The lowest BCUT2D eigenvalue weighted by Gasteiger charge is -2.13. The van der Waals surface area contributed by atoms with E-state index >= 15 is 0 Å². The van der Waals surface area contributed by atoms with E-state index in [2.05, 4.69) is 22.0 Å². The second kappa shape index (κ2) is 6.57. The minimum Gasteiger partial charge on any atom is -0.493 e. The molecule has 4 heteroatoms. The molecular formula is C16H15BrO3. The Morgan fingerprint density at radius 3 is 2.70 bits per heavy atom. The molecule has 0 radical (unpaired) electrons. The zero-order chi connectivity index (χ0) is 14.5. The average Bonchev–Trinajstić information content (AvgIpc) is 2.45. The van der Waals surface area contributed by atoms with Crippen LogP contribution in [-0.4, -0.2) is 13.4 Å². The van der Waals surface area contributed by atoms with E-state index in [1.165, 1.54) is 5.56 Å². The van der Waals surface area contributed by atoms with Crippen LogP contribution in [0.5, 0.6) is 11.5 Å². The number of carbonyl (C=O) groups is 1. The predicted octanol–water partition coefficient (Wildman–Crippen LogP) is 4.16. The summed E-state index contributed by atoms with van der Waals surface area (Å²) in [4.78, 5) is 10.8. The summed E-state index contributed by atoms with van der Waals surface area (Å²) in [6.07, 6.45) is 0.775. The molecule has 3 nitrogen and oxygen atoms in total. The summed E-state index contributed by atoms with van der Waals surface area (Å²) in [5.74, 6) is 1.13. The summed E-state index contributed by atoms with van der Waals surface area (Å²) in [6, 6.07) is 11.5. The maximum absolute atomic E-state index is 10.8. The SMILES string of the molecule is COc1cc(C=O)cc(Br)c1OCc1cccc(C)c1. The van der Waals surface area contributed by atoms with Gasteiger partial charge in [-0.3, -0.25) is 4.79 Å². The van der Waals surface area contributed by atoms with Crippen molar-refractivity contribution in [2.24, 2.45) is 0 Å². The van der Waals surface area contributed by atoms with Crippen LogP contribution in [0, 0.1) is 6.92 Å². The molecule has 0 saturated heterocycles. The summed E-state index contributed by atoms with van der Waals surface area (Å²) in [6.45, 7) is 2.48. The highest BCUT2D eigenvalue weighted by Crippen LogP contribution is 2.36. The van der Waals surface area contributed by atoms with Crippen LogP contribution in [0.4, 0.5) is 0 Å². The van der Waals surface area contributed by atoms with Crippen molar-refractivity contribution < 1.29 is 14.3 Å². The summed E-state index contributed by atoms with van der Waals surface area (Å²) in [7, 11) is 1.55. The molecule has 2 aromatic rings. The number of ether oxygens (including phenoxy) is 2. The summed E-state index contributed by atoms with van der Waals surface area (Å²) < 4.78 is 11.8. The van der Waals surface area contributed by atoms with Crippen LogP contribution in [0.2, 0.25) is 0 Å². The zero-order valence-corrected chi connectivity index (χ0v) is 12.9. The van der Waals surface area contributed by atoms with Crippen molar-refractivity contribution in [2.45, 2.75) is 13.5 Å². The largest absolute Gasteiger partial charge is 0.493 e. The van der Waals surface area contributed by atoms with Gasteiger partial charge in [-0.2, -0.15) is 0 Å². The molecule has 0 aliphatic rings. The van der Waals surface area contributed by atoms with E-state index in [9.17, 15) is 4.79 Å². The Labute approximate surface area is 126 Å². The first-order valence-corrected chi connectivity index (χ1v) is 6.94. The van der Waals surface area contributed by atoms with E-state index < -0.39 is 0 Å². The molecule has 0 N–H and O–H groups in total. The van der Waals surface area contributed by atoms with Crippen LogP contribution in [0.25, 0.3) is 0 Å². The highest BCUT2D eigenvalue weighted by molar-refractivity contribution is 9.10. The van der Waals surface area contributed by atoms with Crippen LogP contribution in [0.1, 0.15) is 21.5 Å². The molecule has 0 heterocycles. The molecule has 20 heavy (non-hydrogen) atoms. The number of rotatable bonds is 5. The fraction of sp³-hybridized carbons (Fsp3) is 0.188. The van der Waals surface area contributed by atoms with Crippen molar-refractivity contribution in [2.75, 3.05) is 7.11 Å². The van der Waals surface area contributed by atoms with Gasteiger partial charge in [0.1, 0.15) is 12.9 Å². The molecule has 2 aromatic carbocycles. The number of carbonyl (C=O) groups excluding carboxylic acids is 1. The third kappa shape index (κ3) is 3.39. The molecule has 0 bridgehead atoms. The summed E-state index contributed by atoms with van der Waals surface area (Å²) in [5, 5.41) is 0. The highest BCUT2D eigenvalue weighted by atomic mass is 79.9. The maximum atomic E-state index is 10.8. The number of hydrogen-bond acceptors (Lipinski definition) is 3. The van der Waals surface area contributed by atoms with Crippen LogP contribution < -0.4 is 9.47 Å². The van der Waals surface area contributed by atoms with E-state index in [4.69, 9.17) is 9.47 Å². The van der Waals surface area contributed by atoms with E-state index in [0.29, 0.717) is 28.1 Å². The second-order valence-corrected chi connectivity index (χ2v) is 5.28. The van der Waals surface area contributed by atoms with Gasteiger partial charge in [-0.05, 0) is 40.5 Å². The predicted molar refractivity (Wildman–Crippen MR) is 81.6 cm³/mol. The monoisotopic (exact) mass is 334 g/mol. The zero-order valence-electron chi connectivity index (χ0n) is 11.4. The van der Waals surface area contributed by atoms with Gasteiger partial charge in [0.05, 0.1) is 11.6 Å². The highest BCUT2D eigenvalue weighted by Gasteiger charge is 2.11. The molecule has 0 aliphatic heterocycles. The van der Waals surface area contributed by atoms with Gasteiger partial charge in [-0.15, -0.1) is 0 Å². The molecular weight excluding hydrogens is 320 g/mol. The molecule has 0 aliphatic carbocycles. The quantitative estimate of drug-likeness (QED) is 0.770. The van der Waals surface area contributed by atoms with Gasteiger partial charge >= 0.3 is 0 Å². The number of benzene rings is 2. The molecule has 0 fully saturated rings. The first kappa shape index (κ1) is 14.6. The first-order chi connectivity index (χ1) is 9.63. The topological polar surface area (TPSA) is 35.5 Å². The number of hydrogen-bond donors (Lipinski definition) is 0. The fourth-order valence-electron chi connectivity index (χ4n) is 1.91. The van der Waals surface area contributed by atoms with Gasteiger partial charge in [0.2, 0.25) is 0 Å². The lowest BCUT2D eigenvalue weighted by atomic mass is 10.1. The number of aldehydes is 1. The third-order valence-corrected chi connectivity index (χ3v) is 3.44. The molecule has 0 atom stereocenters. The maximum Gasteiger partial charge on any atom is 0.175 e. The van der Waals surface area contributed by atoms with Crippen LogP contribution >= 0.6 is 15.9 Å². The van der Waals surface area contributed by atoms with Gasteiger partial charge in [-0.1, -0.05) is 29.8 Å². The lowest BCUT2D eigenvalue weighted by molar-refractivity contribution is 0.112. The number of aryl methyl sites for hydroxylation is 1. The molecule has 104 valence electrons. The Morgan fingerprint density at radius 2 is 2.05 bits per heavy atom. The Kier molecular flexibility index (Phi) is 4.79. The molecule has 0 aromatic heterocycles. The van der Waals surface area contributed by atoms with Crippen LogP contribution in [-0.2, 0) is 6.61 Å². The van der Waals surface area contributed by atoms with E-state index in [-0.39, 0.29) is 0 Å². The average molecular weight is 335 g/mol. The Hall–Kier alpha value is -1.81. The van der Waals surface area contributed by atoms with Crippen molar-refractivity contribution in [1.82, 2.24) is 0 Å². The third-order valence-electron chi connectivity index (χ3n) is 2.85. The lowest BCUT2D eigenvalue weighted by Crippen LogP contribution is -1.99. The Balaban J connectivity index is 2.22. The standard InChI is InChI=1S/C16H15BrO3/c1-11-4-3-5-12(6-11)10-20-16-14(17)7-13(9-18)8-15(16)19-2/h3-9H,10H2,1-2H3. The van der Waals surface area contributed by atoms with Gasteiger partial charge in [0.15, 0.2) is 11.5 Å². The van der Waals surface area contributed by atoms with Gasteiger partial charge in [0.25, 0.3) is 0 Å².